The van der Waals surface area contributed by atoms with Crippen LogP contribution in [0.25, 0.3) is 0 Å². The van der Waals surface area contributed by atoms with Crippen LogP contribution in [0, 0.1) is 0 Å². The number of hydrogen-bond acceptors (Lipinski definition) is 3. The number of rotatable bonds is 3. The summed E-state index contributed by atoms with van der Waals surface area (Å²) >= 11 is 0. The average molecular weight is 267 g/mol. The topological polar surface area (TPSA) is 28.2 Å². The summed E-state index contributed by atoms with van der Waals surface area (Å²) in [4.78, 5) is 7.00. The van der Waals surface area contributed by atoms with E-state index in [-0.39, 0.29) is 0 Å². The van der Waals surface area contributed by atoms with Crippen LogP contribution >= 0.6 is 0 Å². The monoisotopic (exact) mass is 267 g/mol. The van der Waals surface area contributed by atoms with Crippen molar-refractivity contribution in [3.05, 3.63) is 59.3 Å². The largest absolute Gasteiger partial charge is 0.356 e. The number of benzene rings is 1. The molecule has 0 spiro atoms. The molecular weight excluding hydrogens is 246 g/mol. The second-order valence-corrected chi connectivity index (χ2v) is 5.31. The zero-order valence-electron chi connectivity index (χ0n) is 12.0. The molecule has 0 unspecified atom stereocenters. The van der Waals surface area contributed by atoms with E-state index in [2.05, 4.69) is 51.6 Å². The van der Waals surface area contributed by atoms with E-state index >= 15 is 0 Å². The van der Waals surface area contributed by atoms with Crippen LogP contribution in [0.15, 0.2) is 42.6 Å². The molecule has 20 heavy (non-hydrogen) atoms. The maximum absolute atomic E-state index is 4.61. The number of fused-ring (bicyclic) bond motifs is 1. The van der Waals surface area contributed by atoms with Gasteiger partial charge in [-0.15, -0.1) is 0 Å². The summed E-state index contributed by atoms with van der Waals surface area (Å²) in [5.41, 5.74) is 4.21. The Kier molecular flexibility index (Phi) is 3.97. The molecule has 0 saturated heterocycles. The lowest BCUT2D eigenvalue weighted by molar-refractivity contribution is 0.782. The minimum Gasteiger partial charge on any atom is -0.356 e. The summed E-state index contributed by atoms with van der Waals surface area (Å²) in [6.45, 7) is 2.98. The minimum absolute atomic E-state index is 0.874. The molecule has 0 bridgehead atoms. The zero-order valence-corrected chi connectivity index (χ0v) is 12.0. The number of anilines is 1. The van der Waals surface area contributed by atoms with Crippen molar-refractivity contribution in [1.29, 1.82) is 0 Å². The molecule has 1 aliphatic heterocycles. The van der Waals surface area contributed by atoms with Crippen LogP contribution in [0.2, 0.25) is 0 Å². The van der Waals surface area contributed by atoms with Crippen molar-refractivity contribution in [3.8, 4) is 0 Å². The van der Waals surface area contributed by atoms with Crippen molar-refractivity contribution >= 4 is 5.82 Å². The third kappa shape index (κ3) is 2.83. The summed E-state index contributed by atoms with van der Waals surface area (Å²) in [6, 6.07) is 13.1. The van der Waals surface area contributed by atoms with Gasteiger partial charge in [-0.1, -0.05) is 30.3 Å². The molecule has 0 saturated carbocycles. The highest BCUT2D eigenvalue weighted by Crippen LogP contribution is 2.19. The van der Waals surface area contributed by atoms with Gasteiger partial charge in [-0.3, -0.25) is 0 Å². The lowest BCUT2D eigenvalue weighted by atomic mass is 10.0. The summed E-state index contributed by atoms with van der Waals surface area (Å²) in [5.74, 6) is 1.10. The molecule has 104 valence electrons. The molecule has 3 heteroatoms. The number of nitrogens with zero attached hydrogens (tertiary/aromatic N) is 2. The lowest BCUT2D eigenvalue weighted by Gasteiger charge is -2.21. The van der Waals surface area contributed by atoms with Gasteiger partial charge in [0.05, 0.1) is 0 Å². The first-order chi connectivity index (χ1) is 9.86. The van der Waals surface area contributed by atoms with E-state index in [9.17, 15) is 0 Å². The van der Waals surface area contributed by atoms with Crippen molar-refractivity contribution in [2.24, 2.45) is 0 Å². The van der Waals surface area contributed by atoms with Crippen molar-refractivity contribution in [1.82, 2.24) is 10.3 Å². The van der Waals surface area contributed by atoms with Crippen LogP contribution in [0.4, 0.5) is 5.82 Å². The molecule has 1 aromatic carbocycles. The standard InChI is InChI=1S/C17H21N3/c1-18-12-14-6-7-17(19-13-14)20-10-8-15-4-2-3-5-16(15)9-11-20/h2-7,13,18H,8-12H2,1H3. The van der Waals surface area contributed by atoms with E-state index < -0.39 is 0 Å². The summed E-state index contributed by atoms with van der Waals surface area (Å²) in [5, 5.41) is 3.15. The van der Waals surface area contributed by atoms with Gasteiger partial charge in [-0.2, -0.15) is 0 Å². The minimum atomic E-state index is 0.874. The zero-order chi connectivity index (χ0) is 13.8. The fourth-order valence-corrected chi connectivity index (χ4v) is 2.81. The summed E-state index contributed by atoms with van der Waals surface area (Å²) in [6.07, 6.45) is 4.19. The second-order valence-electron chi connectivity index (χ2n) is 5.31. The highest BCUT2D eigenvalue weighted by Gasteiger charge is 2.14. The van der Waals surface area contributed by atoms with Gasteiger partial charge in [0, 0.05) is 25.8 Å². The molecule has 2 heterocycles. The Labute approximate surface area is 120 Å². The van der Waals surface area contributed by atoms with Gasteiger partial charge in [0.1, 0.15) is 5.82 Å². The Hall–Kier alpha value is -1.87. The second kappa shape index (κ2) is 6.06. The van der Waals surface area contributed by atoms with E-state index in [1.165, 1.54) is 16.7 Å². The number of pyridine rings is 1. The Morgan fingerprint density at radius 2 is 1.75 bits per heavy atom. The third-order valence-electron chi connectivity index (χ3n) is 3.93. The van der Waals surface area contributed by atoms with E-state index in [1.807, 2.05) is 13.2 Å². The van der Waals surface area contributed by atoms with Crippen LogP contribution in [0.1, 0.15) is 16.7 Å². The highest BCUT2D eigenvalue weighted by molar-refractivity contribution is 5.42. The first kappa shape index (κ1) is 13.1. The lowest BCUT2D eigenvalue weighted by Crippen LogP contribution is -2.26. The molecule has 0 fully saturated rings. The fraction of sp³-hybridized carbons (Fsp3) is 0.353. The molecule has 0 atom stereocenters. The maximum atomic E-state index is 4.61. The average Bonchev–Trinajstić information content (AvgIpc) is 2.71. The van der Waals surface area contributed by atoms with E-state index in [1.54, 1.807) is 0 Å². The van der Waals surface area contributed by atoms with Gasteiger partial charge in [0.2, 0.25) is 0 Å². The van der Waals surface area contributed by atoms with Gasteiger partial charge >= 0.3 is 0 Å². The van der Waals surface area contributed by atoms with E-state index in [4.69, 9.17) is 0 Å². The number of nitrogens with one attached hydrogen (secondary N) is 1. The summed E-state index contributed by atoms with van der Waals surface area (Å²) in [7, 11) is 1.96. The smallest absolute Gasteiger partial charge is 0.128 e. The maximum Gasteiger partial charge on any atom is 0.128 e. The van der Waals surface area contributed by atoms with Gasteiger partial charge in [-0.25, -0.2) is 4.98 Å². The molecule has 1 N–H and O–H groups in total. The van der Waals surface area contributed by atoms with Crippen LogP contribution in [0.5, 0.6) is 0 Å². The predicted molar refractivity (Wildman–Crippen MR) is 83.1 cm³/mol. The van der Waals surface area contributed by atoms with Gasteiger partial charge in [0.25, 0.3) is 0 Å². The normalized spacial score (nSPS) is 14.8. The number of hydrogen-bond donors (Lipinski definition) is 1. The first-order valence-corrected chi connectivity index (χ1v) is 7.28. The highest BCUT2D eigenvalue weighted by atomic mass is 15.2. The van der Waals surface area contributed by atoms with Crippen LogP contribution in [-0.2, 0) is 19.4 Å². The van der Waals surface area contributed by atoms with Gasteiger partial charge in [-0.05, 0) is 42.6 Å². The third-order valence-corrected chi connectivity index (χ3v) is 3.93. The number of aromatic nitrogens is 1. The van der Waals surface area contributed by atoms with Crippen LogP contribution < -0.4 is 10.2 Å². The predicted octanol–water partition coefficient (Wildman–Crippen LogP) is 2.41. The van der Waals surface area contributed by atoms with Crippen molar-refractivity contribution < 1.29 is 0 Å². The SMILES string of the molecule is CNCc1ccc(N2CCc3ccccc3CC2)nc1. The molecular formula is C17H21N3. The van der Waals surface area contributed by atoms with Crippen molar-refractivity contribution in [2.75, 3.05) is 25.0 Å². The molecule has 1 aromatic heterocycles. The molecule has 0 amide bonds. The molecule has 0 radical (unpaired) electrons. The van der Waals surface area contributed by atoms with Crippen LogP contribution in [0.3, 0.4) is 0 Å². The molecule has 2 aromatic rings. The first-order valence-electron chi connectivity index (χ1n) is 7.28. The van der Waals surface area contributed by atoms with Crippen molar-refractivity contribution in [3.63, 3.8) is 0 Å². The van der Waals surface area contributed by atoms with E-state index in [0.29, 0.717) is 0 Å². The Balaban J connectivity index is 1.73. The molecule has 0 aliphatic carbocycles. The fourth-order valence-electron chi connectivity index (χ4n) is 2.81. The van der Waals surface area contributed by atoms with Gasteiger partial charge in [0.15, 0.2) is 0 Å². The molecule has 1 aliphatic rings. The summed E-state index contributed by atoms with van der Waals surface area (Å²) < 4.78 is 0. The Morgan fingerprint density at radius 3 is 2.30 bits per heavy atom. The van der Waals surface area contributed by atoms with Crippen molar-refractivity contribution in [2.45, 2.75) is 19.4 Å². The Bertz CT molecular complexity index is 536. The molecule has 3 nitrogen and oxygen atoms in total. The van der Waals surface area contributed by atoms with Gasteiger partial charge < -0.3 is 10.2 Å². The Morgan fingerprint density at radius 1 is 1.05 bits per heavy atom. The van der Waals surface area contributed by atoms with E-state index in [0.717, 1.165) is 38.3 Å². The molecule has 3 rings (SSSR count). The quantitative estimate of drug-likeness (QED) is 0.925. The van der Waals surface area contributed by atoms with Crippen LogP contribution in [-0.4, -0.2) is 25.1 Å².